The molecule has 1 atom stereocenters. The molecule has 0 fully saturated rings. The molecule has 0 heterocycles. The van der Waals surface area contributed by atoms with E-state index in [0.717, 1.165) is 0 Å². The second-order valence-electron chi connectivity index (χ2n) is 4.33. The maximum Gasteiger partial charge on any atom is 0.226 e. The van der Waals surface area contributed by atoms with Gasteiger partial charge in [-0.3, -0.25) is 0 Å². The van der Waals surface area contributed by atoms with E-state index in [1.165, 1.54) is 6.08 Å². The molecule has 0 aliphatic heterocycles. The van der Waals surface area contributed by atoms with Crippen molar-refractivity contribution in [2.75, 3.05) is 0 Å². The third-order valence-corrected chi connectivity index (χ3v) is 7.20. The average Bonchev–Trinajstić information content (AvgIpc) is 2.68. The molecule has 1 unspecified atom stereocenters. The van der Waals surface area contributed by atoms with Crippen LogP contribution in [0.2, 0.25) is 0 Å². The highest BCUT2D eigenvalue weighted by Gasteiger charge is 2.68. The van der Waals surface area contributed by atoms with Crippen LogP contribution >= 0.6 is 81.2 Å². The van der Waals surface area contributed by atoms with E-state index in [2.05, 4.69) is 0 Å². The van der Waals surface area contributed by atoms with E-state index in [0.29, 0.717) is 11.1 Å². The monoisotopic (exact) mass is 412 g/mol. The van der Waals surface area contributed by atoms with Gasteiger partial charge < -0.3 is 5.11 Å². The lowest BCUT2D eigenvalue weighted by molar-refractivity contribution is 0.0679. The second-order valence-corrected chi connectivity index (χ2v) is 9.27. The van der Waals surface area contributed by atoms with E-state index in [1.54, 1.807) is 30.3 Å². The summed E-state index contributed by atoms with van der Waals surface area (Å²) in [5.74, 6) is 0. The highest BCUT2D eigenvalue weighted by molar-refractivity contribution is 6.78. The Morgan fingerprint density at radius 3 is 2.00 bits per heavy atom. The Balaban J connectivity index is 2.59. The van der Waals surface area contributed by atoms with Crippen molar-refractivity contribution < 1.29 is 5.11 Å². The van der Waals surface area contributed by atoms with E-state index in [9.17, 15) is 5.11 Å². The van der Waals surface area contributed by atoms with Crippen LogP contribution in [0.1, 0.15) is 11.1 Å². The van der Waals surface area contributed by atoms with Crippen molar-refractivity contribution in [2.24, 2.45) is 0 Å². The number of fused-ring (bicyclic) bond motifs is 1. The Kier molecular flexibility index (Phi) is 4.54. The standard InChI is InChI=1S/C12H7Cl7O/c13-10(14,11(15,16)12(17,18)19)9(20)6-5-7-3-1-2-4-8(7)9/h1-6,20H. The largest absolute Gasteiger partial charge is 0.378 e. The zero-order chi connectivity index (χ0) is 15.4. The Morgan fingerprint density at radius 1 is 0.900 bits per heavy atom. The molecule has 8 heteroatoms. The maximum absolute atomic E-state index is 10.9. The summed E-state index contributed by atoms with van der Waals surface area (Å²) in [6.07, 6.45) is 3.00. The van der Waals surface area contributed by atoms with Gasteiger partial charge in [0, 0.05) is 0 Å². The summed E-state index contributed by atoms with van der Waals surface area (Å²) in [5, 5.41) is 10.9. The van der Waals surface area contributed by atoms with Gasteiger partial charge in [0.15, 0.2) is 4.33 Å². The molecular formula is C12H7Cl7O. The summed E-state index contributed by atoms with van der Waals surface area (Å²) in [7, 11) is 0. The number of rotatable bonds is 2. The van der Waals surface area contributed by atoms with Gasteiger partial charge in [-0.15, -0.1) is 0 Å². The lowest BCUT2D eigenvalue weighted by Crippen LogP contribution is -2.58. The van der Waals surface area contributed by atoms with E-state index < -0.39 is 18.1 Å². The SMILES string of the molecule is OC1(C(Cl)(Cl)C(Cl)(Cl)C(Cl)(Cl)Cl)C=Cc2ccccc21. The molecule has 1 aliphatic rings. The summed E-state index contributed by atoms with van der Waals surface area (Å²) in [5.41, 5.74) is -0.765. The minimum absolute atomic E-state index is 0.421. The minimum atomic E-state index is -2.27. The van der Waals surface area contributed by atoms with Crippen LogP contribution in [0.25, 0.3) is 6.08 Å². The molecule has 0 saturated heterocycles. The summed E-state index contributed by atoms with van der Waals surface area (Å²) >= 11 is 41.8. The Hall–Kier alpha value is 0.950. The van der Waals surface area contributed by atoms with Crippen molar-refractivity contribution in [1.29, 1.82) is 0 Å². The van der Waals surface area contributed by atoms with Crippen LogP contribution < -0.4 is 0 Å². The van der Waals surface area contributed by atoms with Crippen LogP contribution in [0.3, 0.4) is 0 Å². The van der Waals surface area contributed by atoms with Gasteiger partial charge in [-0.1, -0.05) is 112 Å². The third kappa shape index (κ3) is 2.35. The van der Waals surface area contributed by atoms with Crippen molar-refractivity contribution >= 4 is 87.3 Å². The Bertz CT molecular complexity index is 561. The first-order chi connectivity index (χ1) is 8.95. The van der Waals surface area contributed by atoms with Gasteiger partial charge >= 0.3 is 0 Å². The van der Waals surface area contributed by atoms with Crippen molar-refractivity contribution in [3.8, 4) is 0 Å². The number of benzene rings is 1. The fourth-order valence-corrected chi connectivity index (χ4v) is 3.60. The lowest BCUT2D eigenvalue weighted by atomic mass is 9.90. The van der Waals surface area contributed by atoms with Crippen LogP contribution in [-0.2, 0) is 5.60 Å². The van der Waals surface area contributed by atoms with Crippen LogP contribution in [0.15, 0.2) is 30.3 Å². The highest BCUT2D eigenvalue weighted by Crippen LogP contribution is 2.63. The number of alkyl halides is 7. The number of hydrogen-bond acceptors (Lipinski definition) is 1. The van der Waals surface area contributed by atoms with Crippen LogP contribution in [0, 0.1) is 0 Å². The molecule has 2 rings (SSSR count). The summed E-state index contributed by atoms with van der Waals surface area (Å²) in [6, 6.07) is 6.91. The van der Waals surface area contributed by atoms with Gasteiger partial charge in [0.05, 0.1) is 0 Å². The topological polar surface area (TPSA) is 20.2 Å². The molecule has 1 aliphatic carbocycles. The zero-order valence-corrected chi connectivity index (χ0v) is 14.8. The van der Waals surface area contributed by atoms with Gasteiger partial charge in [-0.05, 0) is 17.2 Å². The predicted octanol–water partition coefficient (Wildman–Crippen LogP) is 5.62. The first-order valence-electron chi connectivity index (χ1n) is 5.28. The van der Waals surface area contributed by atoms with Crippen molar-refractivity contribution in [3.05, 3.63) is 41.5 Å². The fraction of sp³-hybridized carbons (Fsp3) is 0.333. The van der Waals surface area contributed by atoms with Crippen LogP contribution in [-0.4, -0.2) is 17.6 Å². The van der Waals surface area contributed by atoms with Crippen LogP contribution in [0.4, 0.5) is 0 Å². The van der Waals surface area contributed by atoms with Gasteiger partial charge in [-0.25, -0.2) is 0 Å². The molecule has 0 amide bonds. The zero-order valence-electron chi connectivity index (χ0n) is 9.56. The first kappa shape index (κ1) is 17.3. The van der Waals surface area contributed by atoms with Gasteiger partial charge in [0.1, 0.15) is 5.60 Å². The minimum Gasteiger partial charge on any atom is -0.378 e. The average molecular weight is 415 g/mol. The molecule has 1 aromatic rings. The maximum atomic E-state index is 10.9. The van der Waals surface area contributed by atoms with Gasteiger partial charge in [-0.2, -0.15) is 0 Å². The van der Waals surface area contributed by atoms with Gasteiger partial charge in [0.25, 0.3) is 0 Å². The predicted molar refractivity (Wildman–Crippen MR) is 88.5 cm³/mol. The summed E-state index contributed by atoms with van der Waals surface area (Å²) in [6.45, 7) is 0. The highest BCUT2D eigenvalue weighted by atomic mass is 35.6. The molecule has 20 heavy (non-hydrogen) atoms. The normalized spacial score (nSPS) is 23.0. The third-order valence-electron chi connectivity index (χ3n) is 3.10. The van der Waals surface area contributed by atoms with E-state index in [4.69, 9.17) is 81.2 Å². The number of hydrogen-bond donors (Lipinski definition) is 1. The molecule has 1 nitrogen and oxygen atoms in total. The number of aliphatic hydroxyl groups is 1. The van der Waals surface area contributed by atoms with E-state index in [-0.39, 0.29) is 0 Å². The van der Waals surface area contributed by atoms with Crippen molar-refractivity contribution in [3.63, 3.8) is 0 Å². The van der Waals surface area contributed by atoms with Crippen molar-refractivity contribution in [1.82, 2.24) is 0 Å². The smallest absolute Gasteiger partial charge is 0.226 e. The molecule has 0 saturated carbocycles. The second kappa shape index (κ2) is 5.25. The molecule has 0 spiro atoms. The molecule has 0 bridgehead atoms. The Morgan fingerprint density at radius 2 is 1.45 bits per heavy atom. The first-order valence-corrected chi connectivity index (χ1v) is 7.93. The molecule has 0 aromatic heterocycles. The summed E-state index contributed by atoms with van der Waals surface area (Å²) < 4.78 is -6.71. The lowest BCUT2D eigenvalue weighted by Gasteiger charge is -2.45. The van der Waals surface area contributed by atoms with E-state index in [1.807, 2.05) is 0 Å². The molecule has 1 N–H and O–H groups in total. The number of halogens is 7. The molecular weight excluding hydrogens is 408 g/mol. The summed E-state index contributed by atoms with van der Waals surface area (Å²) in [4.78, 5) is 0. The van der Waals surface area contributed by atoms with Gasteiger partial charge in [0.2, 0.25) is 8.13 Å². The quantitative estimate of drug-likeness (QED) is 0.622. The van der Waals surface area contributed by atoms with Crippen molar-refractivity contribution in [2.45, 2.75) is 18.1 Å². The van der Waals surface area contributed by atoms with Crippen LogP contribution in [0.5, 0.6) is 0 Å². The molecule has 0 radical (unpaired) electrons. The molecule has 110 valence electrons. The fourth-order valence-electron chi connectivity index (χ4n) is 1.98. The van der Waals surface area contributed by atoms with E-state index >= 15 is 0 Å². The molecule has 1 aromatic carbocycles. The Labute approximate surface area is 151 Å².